The molecule has 1 aromatic rings. The van der Waals surface area contributed by atoms with Crippen LogP contribution in [0.4, 0.5) is 5.69 Å². The number of phenols is 1. The quantitative estimate of drug-likeness (QED) is 0.440. The monoisotopic (exact) mass is 291 g/mol. The van der Waals surface area contributed by atoms with Crippen LogP contribution < -0.4 is 11.1 Å². The number of carbonyl (C=O) groups excluding carboxylic acids is 1. The molecule has 1 heterocycles. The van der Waals surface area contributed by atoms with Gasteiger partial charge in [0.1, 0.15) is 0 Å². The number of likely N-dealkylation sites (tertiary alicyclic amines) is 1. The second-order valence-corrected chi connectivity index (χ2v) is 5.73. The number of nitrogens with one attached hydrogen (secondary N) is 1. The molecule has 1 atom stereocenters. The molecule has 1 saturated heterocycles. The van der Waals surface area contributed by atoms with Gasteiger partial charge >= 0.3 is 0 Å². The van der Waals surface area contributed by atoms with Gasteiger partial charge in [0.05, 0.1) is 11.3 Å². The predicted molar refractivity (Wildman–Crippen MR) is 84.4 cm³/mol. The minimum atomic E-state index is -0.272. The van der Waals surface area contributed by atoms with Crippen LogP contribution in [-0.2, 0) is 0 Å². The summed E-state index contributed by atoms with van der Waals surface area (Å²) >= 11 is 0. The molecule has 1 aromatic carbocycles. The highest BCUT2D eigenvalue weighted by molar-refractivity contribution is 5.98. The lowest BCUT2D eigenvalue weighted by atomic mass is 10.0. The number of anilines is 1. The molecule has 116 valence electrons. The predicted octanol–water partition coefficient (Wildman–Crippen LogP) is 1.97. The number of aromatic hydroxyl groups is 1. The number of hydrogen-bond acceptors (Lipinski definition) is 4. The standard InChI is InChI=1S/C16H25N3O2/c1-12-6-2-3-10-19(12)11-5-9-18-16(21)13-7-4-8-14(17)15(13)20/h4,7-8,12,20H,2-3,5-6,9-11,17H2,1H3,(H,18,21). The molecule has 0 aromatic heterocycles. The van der Waals surface area contributed by atoms with Crippen LogP contribution in [0.1, 0.15) is 43.0 Å². The van der Waals surface area contributed by atoms with Gasteiger partial charge < -0.3 is 21.1 Å². The molecule has 4 N–H and O–H groups in total. The van der Waals surface area contributed by atoms with Crippen molar-refractivity contribution in [1.82, 2.24) is 10.2 Å². The molecule has 0 aliphatic carbocycles. The normalized spacial score (nSPS) is 19.4. The Balaban J connectivity index is 1.75. The average Bonchev–Trinajstić information content (AvgIpc) is 2.48. The molecule has 1 aliphatic heterocycles. The number of phenolic OH excluding ortho intramolecular Hbond substituents is 1. The molecular weight excluding hydrogens is 266 g/mol. The van der Waals surface area contributed by atoms with E-state index in [1.807, 2.05) is 0 Å². The summed E-state index contributed by atoms with van der Waals surface area (Å²) in [4.78, 5) is 14.5. The highest BCUT2D eigenvalue weighted by Gasteiger charge is 2.17. The Kier molecular flexibility index (Phi) is 5.44. The zero-order valence-corrected chi connectivity index (χ0v) is 12.6. The SMILES string of the molecule is CC1CCCCN1CCCNC(=O)c1cccc(N)c1O. The van der Waals surface area contributed by atoms with Crippen molar-refractivity contribution in [3.8, 4) is 5.75 Å². The van der Waals surface area contributed by atoms with Crippen LogP contribution in [0.15, 0.2) is 18.2 Å². The summed E-state index contributed by atoms with van der Waals surface area (Å²) in [6.45, 7) is 5.04. The molecule has 1 unspecified atom stereocenters. The Bertz CT molecular complexity index is 490. The summed E-state index contributed by atoms with van der Waals surface area (Å²) in [6, 6.07) is 5.46. The lowest BCUT2D eigenvalue weighted by molar-refractivity contribution is 0.0946. The second kappa shape index (κ2) is 7.31. The first kappa shape index (κ1) is 15.6. The number of nitrogens with zero attached hydrogens (tertiary/aromatic N) is 1. The Morgan fingerprint density at radius 1 is 1.48 bits per heavy atom. The molecule has 21 heavy (non-hydrogen) atoms. The first-order valence-electron chi connectivity index (χ1n) is 7.69. The first-order chi connectivity index (χ1) is 10.1. The third-order valence-electron chi connectivity index (χ3n) is 4.16. The minimum absolute atomic E-state index is 0.139. The first-order valence-corrected chi connectivity index (χ1v) is 7.69. The van der Waals surface area contributed by atoms with Gasteiger partial charge in [0.25, 0.3) is 5.91 Å². The smallest absolute Gasteiger partial charge is 0.255 e. The lowest BCUT2D eigenvalue weighted by Crippen LogP contribution is -2.39. The van der Waals surface area contributed by atoms with Crippen molar-refractivity contribution >= 4 is 11.6 Å². The summed E-state index contributed by atoms with van der Waals surface area (Å²) in [6.07, 6.45) is 4.78. The Morgan fingerprint density at radius 3 is 3.05 bits per heavy atom. The number of amides is 1. The van der Waals surface area contributed by atoms with Gasteiger partial charge in [-0.25, -0.2) is 0 Å². The van der Waals surface area contributed by atoms with Gasteiger partial charge in [-0.2, -0.15) is 0 Å². The number of hydrogen-bond donors (Lipinski definition) is 3. The summed E-state index contributed by atoms with van der Waals surface area (Å²) < 4.78 is 0. The lowest BCUT2D eigenvalue weighted by Gasteiger charge is -2.33. The van der Waals surface area contributed by atoms with E-state index in [1.165, 1.54) is 19.3 Å². The highest BCUT2D eigenvalue weighted by Crippen LogP contribution is 2.24. The molecule has 0 saturated carbocycles. The van der Waals surface area contributed by atoms with Crippen LogP contribution in [0, 0.1) is 0 Å². The number of benzene rings is 1. The Morgan fingerprint density at radius 2 is 2.29 bits per heavy atom. The maximum atomic E-state index is 12.0. The van der Waals surface area contributed by atoms with E-state index in [0.29, 0.717) is 12.6 Å². The van der Waals surface area contributed by atoms with Gasteiger partial charge in [-0.1, -0.05) is 12.5 Å². The van der Waals surface area contributed by atoms with Crippen molar-refractivity contribution in [2.75, 3.05) is 25.4 Å². The molecule has 5 heteroatoms. The number of nitrogens with two attached hydrogens (primary N) is 1. The van der Waals surface area contributed by atoms with Crippen molar-refractivity contribution in [2.45, 2.75) is 38.6 Å². The summed E-state index contributed by atoms with van der Waals surface area (Å²) in [7, 11) is 0. The summed E-state index contributed by atoms with van der Waals surface area (Å²) in [5.41, 5.74) is 6.05. The van der Waals surface area contributed by atoms with Crippen LogP contribution in [0.3, 0.4) is 0 Å². The maximum Gasteiger partial charge on any atom is 0.255 e. The fourth-order valence-electron chi connectivity index (χ4n) is 2.81. The summed E-state index contributed by atoms with van der Waals surface area (Å²) in [5, 5.41) is 12.6. The zero-order valence-electron chi connectivity index (χ0n) is 12.6. The molecule has 1 aliphatic rings. The molecule has 5 nitrogen and oxygen atoms in total. The van der Waals surface area contributed by atoms with Gasteiger partial charge in [0.2, 0.25) is 0 Å². The molecular formula is C16H25N3O2. The fourth-order valence-corrected chi connectivity index (χ4v) is 2.81. The molecule has 0 bridgehead atoms. The van der Waals surface area contributed by atoms with Gasteiger partial charge in [-0.05, 0) is 44.9 Å². The van der Waals surface area contributed by atoms with Crippen molar-refractivity contribution in [1.29, 1.82) is 0 Å². The number of para-hydroxylation sites is 1. The number of piperidine rings is 1. The van der Waals surface area contributed by atoms with Gasteiger partial charge in [-0.15, -0.1) is 0 Å². The van der Waals surface area contributed by atoms with Crippen molar-refractivity contribution in [3.05, 3.63) is 23.8 Å². The molecule has 0 spiro atoms. The largest absolute Gasteiger partial charge is 0.505 e. The number of carbonyl (C=O) groups is 1. The van der Waals surface area contributed by atoms with E-state index in [0.717, 1.165) is 19.5 Å². The molecule has 2 rings (SSSR count). The van der Waals surface area contributed by atoms with Crippen LogP contribution >= 0.6 is 0 Å². The second-order valence-electron chi connectivity index (χ2n) is 5.73. The van der Waals surface area contributed by atoms with Crippen molar-refractivity contribution in [2.24, 2.45) is 0 Å². The molecule has 1 fully saturated rings. The van der Waals surface area contributed by atoms with E-state index in [4.69, 9.17) is 5.73 Å². The van der Waals surface area contributed by atoms with Crippen molar-refractivity contribution < 1.29 is 9.90 Å². The van der Waals surface area contributed by atoms with Gasteiger partial charge in [0, 0.05) is 19.1 Å². The third-order valence-corrected chi connectivity index (χ3v) is 4.16. The number of nitrogen functional groups attached to an aromatic ring is 1. The van der Waals surface area contributed by atoms with E-state index in [9.17, 15) is 9.90 Å². The Labute approximate surface area is 126 Å². The highest BCUT2D eigenvalue weighted by atomic mass is 16.3. The van der Waals surface area contributed by atoms with E-state index >= 15 is 0 Å². The van der Waals surface area contributed by atoms with E-state index in [-0.39, 0.29) is 22.9 Å². The van der Waals surface area contributed by atoms with E-state index < -0.39 is 0 Å². The Hall–Kier alpha value is -1.75. The molecule has 1 amide bonds. The average molecular weight is 291 g/mol. The summed E-state index contributed by atoms with van der Waals surface area (Å²) in [5.74, 6) is -0.411. The van der Waals surface area contributed by atoms with Crippen LogP contribution in [0.5, 0.6) is 5.75 Å². The van der Waals surface area contributed by atoms with Gasteiger partial charge in [-0.3, -0.25) is 4.79 Å². The third kappa shape index (κ3) is 4.11. The van der Waals surface area contributed by atoms with Crippen molar-refractivity contribution in [3.63, 3.8) is 0 Å². The zero-order chi connectivity index (χ0) is 15.2. The topological polar surface area (TPSA) is 78.6 Å². The van der Waals surface area contributed by atoms with E-state index in [1.54, 1.807) is 18.2 Å². The van der Waals surface area contributed by atoms with Crippen LogP contribution in [0.2, 0.25) is 0 Å². The maximum absolute atomic E-state index is 12.0. The molecule has 0 radical (unpaired) electrons. The fraction of sp³-hybridized carbons (Fsp3) is 0.562. The van der Waals surface area contributed by atoms with Gasteiger partial charge in [0.15, 0.2) is 5.75 Å². The number of rotatable bonds is 5. The van der Waals surface area contributed by atoms with Crippen LogP contribution in [0.25, 0.3) is 0 Å². The minimum Gasteiger partial charge on any atom is -0.505 e. The van der Waals surface area contributed by atoms with Crippen LogP contribution in [-0.4, -0.2) is 41.6 Å². The van der Waals surface area contributed by atoms with E-state index in [2.05, 4.69) is 17.1 Å².